The number of rotatable bonds is 4. The van der Waals surface area contributed by atoms with Crippen molar-refractivity contribution in [2.45, 2.75) is 12.5 Å². The highest BCUT2D eigenvalue weighted by Gasteiger charge is 2.29. The average Bonchev–Trinajstić information content (AvgIpc) is 3.18. The average molecular weight is 393 g/mol. The Hall–Kier alpha value is -2.27. The molecular formula is C16H23N7O3S. The topological polar surface area (TPSA) is 113 Å². The summed E-state index contributed by atoms with van der Waals surface area (Å²) in [5.74, 6) is 0.982. The lowest BCUT2D eigenvalue weighted by Gasteiger charge is -2.35. The molecule has 146 valence electrons. The normalized spacial score (nSPS) is 23.0. The molecule has 0 saturated carbocycles. The van der Waals surface area contributed by atoms with Gasteiger partial charge in [0.15, 0.2) is 15.5 Å². The van der Waals surface area contributed by atoms with E-state index in [1.54, 1.807) is 17.2 Å². The van der Waals surface area contributed by atoms with Crippen molar-refractivity contribution in [3.63, 3.8) is 0 Å². The monoisotopic (exact) mass is 393 g/mol. The fourth-order valence-corrected chi connectivity index (χ4v) is 5.38. The largest absolute Gasteiger partial charge is 0.353 e. The van der Waals surface area contributed by atoms with Gasteiger partial charge in [-0.05, 0) is 6.42 Å². The number of piperazine rings is 1. The van der Waals surface area contributed by atoms with Gasteiger partial charge in [0.25, 0.3) is 0 Å². The lowest BCUT2D eigenvalue weighted by atomic mass is 10.2. The second-order valence-corrected chi connectivity index (χ2v) is 9.36. The van der Waals surface area contributed by atoms with E-state index in [1.165, 1.54) is 0 Å². The SMILES string of the molecule is Cn1ncc2c(N3CCN(CC(=O)NC4CCS(=O)(=O)C4)CC3)ncnc21. The highest BCUT2D eigenvalue weighted by molar-refractivity contribution is 7.91. The molecule has 4 heterocycles. The van der Waals surface area contributed by atoms with Gasteiger partial charge in [-0.2, -0.15) is 5.10 Å². The maximum atomic E-state index is 12.2. The maximum absolute atomic E-state index is 12.2. The van der Waals surface area contributed by atoms with Gasteiger partial charge < -0.3 is 10.2 Å². The van der Waals surface area contributed by atoms with Crippen LogP contribution in [-0.4, -0.2) is 89.2 Å². The quantitative estimate of drug-likeness (QED) is 0.688. The summed E-state index contributed by atoms with van der Waals surface area (Å²) in [6, 6.07) is -0.247. The van der Waals surface area contributed by atoms with Crippen molar-refractivity contribution in [2.24, 2.45) is 7.05 Å². The number of anilines is 1. The van der Waals surface area contributed by atoms with E-state index in [0.29, 0.717) is 6.42 Å². The highest BCUT2D eigenvalue weighted by Crippen LogP contribution is 2.23. The third-order valence-corrected chi connectivity index (χ3v) is 6.91. The van der Waals surface area contributed by atoms with E-state index >= 15 is 0 Å². The number of amides is 1. The molecule has 1 amide bonds. The molecule has 1 N–H and O–H groups in total. The minimum Gasteiger partial charge on any atom is -0.353 e. The molecule has 2 aromatic heterocycles. The van der Waals surface area contributed by atoms with Gasteiger partial charge in [-0.3, -0.25) is 14.4 Å². The molecule has 0 bridgehead atoms. The molecule has 0 aliphatic carbocycles. The van der Waals surface area contributed by atoms with Crippen molar-refractivity contribution in [1.82, 2.24) is 30.0 Å². The third-order valence-electron chi connectivity index (χ3n) is 5.14. The van der Waals surface area contributed by atoms with Gasteiger partial charge in [0.2, 0.25) is 5.91 Å². The van der Waals surface area contributed by atoms with Gasteiger partial charge in [0.1, 0.15) is 12.1 Å². The van der Waals surface area contributed by atoms with Crippen LogP contribution < -0.4 is 10.2 Å². The Morgan fingerprint density at radius 2 is 2.04 bits per heavy atom. The molecule has 27 heavy (non-hydrogen) atoms. The first-order valence-corrected chi connectivity index (χ1v) is 10.8. The zero-order chi connectivity index (χ0) is 19.0. The molecule has 0 aromatic carbocycles. The van der Waals surface area contributed by atoms with Crippen molar-refractivity contribution < 1.29 is 13.2 Å². The van der Waals surface area contributed by atoms with Crippen molar-refractivity contribution in [1.29, 1.82) is 0 Å². The van der Waals surface area contributed by atoms with Crippen LogP contribution in [0.25, 0.3) is 11.0 Å². The van der Waals surface area contributed by atoms with Gasteiger partial charge in [0.05, 0.1) is 29.6 Å². The standard InChI is InChI=1S/C16H23N7O3S/c1-21-15-13(8-19-21)16(18-11-17-15)23-5-3-22(4-6-23)9-14(24)20-12-2-7-27(25,26)10-12/h8,11-12H,2-7,9-10H2,1H3,(H,20,24). The molecule has 11 heteroatoms. The fraction of sp³-hybridized carbons (Fsp3) is 0.625. The van der Waals surface area contributed by atoms with Crippen molar-refractivity contribution in [2.75, 3.05) is 49.1 Å². The summed E-state index contributed by atoms with van der Waals surface area (Å²) in [7, 11) is -1.13. The fourth-order valence-electron chi connectivity index (χ4n) is 3.70. The van der Waals surface area contributed by atoms with Gasteiger partial charge in [-0.1, -0.05) is 0 Å². The Morgan fingerprint density at radius 3 is 2.74 bits per heavy atom. The smallest absolute Gasteiger partial charge is 0.234 e. The summed E-state index contributed by atoms with van der Waals surface area (Å²) in [6.07, 6.45) is 3.84. The number of hydrogen-bond acceptors (Lipinski definition) is 8. The Balaban J connectivity index is 1.32. The molecule has 2 aliphatic heterocycles. The zero-order valence-electron chi connectivity index (χ0n) is 15.2. The van der Waals surface area contributed by atoms with Gasteiger partial charge >= 0.3 is 0 Å². The number of sulfone groups is 1. The van der Waals surface area contributed by atoms with Crippen molar-refractivity contribution in [3.8, 4) is 0 Å². The van der Waals surface area contributed by atoms with Gasteiger partial charge in [-0.15, -0.1) is 0 Å². The van der Waals surface area contributed by atoms with Crippen LogP contribution in [-0.2, 0) is 21.7 Å². The summed E-state index contributed by atoms with van der Waals surface area (Å²) >= 11 is 0. The van der Waals surface area contributed by atoms with E-state index in [2.05, 4.69) is 30.2 Å². The van der Waals surface area contributed by atoms with Crippen LogP contribution in [0.15, 0.2) is 12.5 Å². The lowest BCUT2D eigenvalue weighted by Crippen LogP contribution is -2.50. The number of carbonyl (C=O) groups is 1. The molecule has 1 atom stereocenters. The maximum Gasteiger partial charge on any atom is 0.234 e. The number of carbonyl (C=O) groups excluding carboxylic acids is 1. The van der Waals surface area contributed by atoms with Crippen LogP contribution in [0.4, 0.5) is 5.82 Å². The molecule has 2 saturated heterocycles. The summed E-state index contributed by atoms with van der Waals surface area (Å²) < 4.78 is 24.7. The van der Waals surface area contributed by atoms with Gasteiger partial charge in [-0.25, -0.2) is 18.4 Å². The number of nitrogens with zero attached hydrogens (tertiary/aromatic N) is 6. The van der Waals surface area contributed by atoms with E-state index in [9.17, 15) is 13.2 Å². The van der Waals surface area contributed by atoms with Crippen LogP contribution >= 0.6 is 0 Å². The van der Waals surface area contributed by atoms with Crippen LogP contribution in [0, 0.1) is 0 Å². The molecule has 2 aliphatic rings. The lowest BCUT2D eigenvalue weighted by molar-refractivity contribution is -0.122. The Labute approximate surface area is 157 Å². The van der Waals surface area contributed by atoms with Crippen molar-refractivity contribution >= 4 is 32.6 Å². The van der Waals surface area contributed by atoms with Crippen LogP contribution in [0.2, 0.25) is 0 Å². The first kappa shape index (κ1) is 18.1. The first-order chi connectivity index (χ1) is 12.9. The molecule has 2 fully saturated rings. The second kappa shape index (κ2) is 7.04. The van der Waals surface area contributed by atoms with Gasteiger partial charge in [0, 0.05) is 39.3 Å². The second-order valence-electron chi connectivity index (χ2n) is 7.13. The zero-order valence-corrected chi connectivity index (χ0v) is 16.0. The van der Waals surface area contributed by atoms with Crippen molar-refractivity contribution in [3.05, 3.63) is 12.5 Å². The molecular weight excluding hydrogens is 370 g/mol. The third kappa shape index (κ3) is 3.88. The molecule has 1 unspecified atom stereocenters. The van der Waals surface area contributed by atoms with E-state index in [-0.39, 0.29) is 30.0 Å². The van der Waals surface area contributed by atoms with E-state index in [1.807, 2.05) is 7.05 Å². The Morgan fingerprint density at radius 1 is 1.26 bits per heavy atom. The predicted molar refractivity (Wildman–Crippen MR) is 100 cm³/mol. The molecule has 10 nitrogen and oxygen atoms in total. The van der Waals surface area contributed by atoms with Crippen LogP contribution in [0.5, 0.6) is 0 Å². The van der Waals surface area contributed by atoms with Crippen LogP contribution in [0.3, 0.4) is 0 Å². The van der Waals surface area contributed by atoms with E-state index in [4.69, 9.17) is 0 Å². The predicted octanol–water partition coefficient (Wildman–Crippen LogP) is -1.21. The summed E-state index contributed by atoms with van der Waals surface area (Å²) in [5, 5.41) is 8.02. The molecule has 4 rings (SSSR count). The molecule has 0 radical (unpaired) electrons. The number of fused-ring (bicyclic) bond motifs is 1. The van der Waals surface area contributed by atoms with E-state index in [0.717, 1.165) is 43.0 Å². The minimum absolute atomic E-state index is 0.0569. The minimum atomic E-state index is -2.98. The Kier molecular flexibility index (Phi) is 4.72. The Bertz CT molecular complexity index is 950. The number of nitrogens with one attached hydrogen (secondary N) is 1. The summed E-state index contributed by atoms with van der Waals surface area (Å²) in [4.78, 5) is 25.2. The number of aryl methyl sites for hydroxylation is 1. The van der Waals surface area contributed by atoms with Crippen LogP contribution in [0.1, 0.15) is 6.42 Å². The molecule has 2 aromatic rings. The first-order valence-electron chi connectivity index (χ1n) is 9.01. The number of hydrogen-bond donors (Lipinski definition) is 1. The highest BCUT2D eigenvalue weighted by atomic mass is 32.2. The summed E-state index contributed by atoms with van der Waals surface area (Å²) in [5.41, 5.74) is 0.799. The van der Waals surface area contributed by atoms with E-state index < -0.39 is 9.84 Å². The summed E-state index contributed by atoms with van der Waals surface area (Å²) in [6.45, 7) is 3.28. The number of aromatic nitrogens is 4. The molecule has 0 spiro atoms.